The Morgan fingerprint density at radius 2 is 1.72 bits per heavy atom. The fourth-order valence-corrected chi connectivity index (χ4v) is 3.39. The Morgan fingerprint density at radius 1 is 0.966 bits per heavy atom. The van der Waals surface area contributed by atoms with E-state index in [1.165, 1.54) is 0 Å². The molecule has 4 rings (SSSR count). The Morgan fingerprint density at radius 3 is 2.34 bits per heavy atom. The van der Waals surface area contributed by atoms with E-state index >= 15 is 0 Å². The van der Waals surface area contributed by atoms with E-state index in [0.29, 0.717) is 5.88 Å². The Kier molecular flexibility index (Phi) is 4.99. The summed E-state index contributed by atoms with van der Waals surface area (Å²) >= 11 is 0. The molecule has 0 fully saturated rings. The van der Waals surface area contributed by atoms with E-state index < -0.39 is 6.04 Å². The lowest BCUT2D eigenvalue weighted by atomic mass is 10.0. The first-order chi connectivity index (χ1) is 14.1. The van der Waals surface area contributed by atoms with Crippen LogP contribution in [0.5, 0.6) is 11.6 Å². The third-order valence-electron chi connectivity index (χ3n) is 4.88. The zero-order chi connectivity index (χ0) is 20.4. The largest absolute Gasteiger partial charge is 0.497 e. The van der Waals surface area contributed by atoms with Crippen LogP contribution in [0.1, 0.15) is 18.5 Å². The molecule has 0 saturated carbocycles. The number of rotatable bonds is 6. The van der Waals surface area contributed by atoms with Crippen molar-refractivity contribution in [2.75, 3.05) is 14.2 Å². The van der Waals surface area contributed by atoms with E-state index in [2.05, 4.69) is 10.1 Å². The monoisotopic (exact) mass is 387 g/mol. The Bertz CT molecular complexity index is 1150. The molecule has 1 unspecified atom stereocenters. The van der Waals surface area contributed by atoms with E-state index in [-0.39, 0.29) is 5.78 Å². The van der Waals surface area contributed by atoms with Crippen LogP contribution < -0.4 is 9.47 Å². The lowest BCUT2D eigenvalue weighted by Gasteiger charge is -2.15. The van der Waals surface area contributed by atoms with Crippen molar-refractivity contribution >= 4 is 16.7 Å². The first-order valence-corrected chi connectivity index (χ1v) is 9.23. The van der Waals surface area contributed by atoms with E-state index in [0.717, 1.165) is 33.3 Å². The number of ether oxygens (including phenoxy) is 2. The smallest absolute Gasteiger partial charge is 0.212 e. The number of hydrogen-bond donors (Lipinski definition) is 0. The van der Waals surface area contributed by atoms with Crippen molar-refractivity contribution in [2.24, 2.45) is 0 Å². The fourth-order valence-electron chi connectivity index (χ4n) is 3.39. The molecule has 2 aromatic heterocycles. The number of aromatic nitrogens is 3. The predicted molar refractivity (Wildman–Crippen MR) is 111 cm³/mol. The standard InChI is InChI=1S/C23H21N3O3/c1-15(27)23(16-4-8-20(28-2)9-5-16)26-14-19-12-17(6-10-21(19)25-26)18-7-11-22(29-3)24-13-18/h4-14,23H,1-3H3. The zero-order valence-corrected chi connectivity index (χ0v) is 16.5. The van der Waals surface area contributed by atoms with Crippen LogP contribution in [-0.4, -0.2) is 34.8 Å². The van der Waals surface area contributed by atoms with Gasteiger partial charge in [0.2, 0.25) is 5.88 Å². The van der Waals surface area contributed by atoms with Crippen LogP contribution in [0.3, 0.4) is 0 Å². The quantitative estimate of drug-likeness (QED) is 0.494. The summed E-state index contributed by atoms with van der Waals surface area (Å²) < 4.78 is 12.1. The van der Waals surface area contributed by atoms with Crippen molar-refractivity contribution in [2.45, 2.75) is 13.0 Å². The molecule has 0 saturated heterocycles. The molecule has 0 radical (unpaired) electrons. The van der Waals surface area contributed by atoms with Crippen LogP contribution in [0.25, 0.3) is 22.0 Å². The molecule has 6 heteroatoms. The molecule has 2 heterocycles. The molecule has 0 amide bonds. The van der Waals surface area contributed by atoms with Crippen LogP contribution in [0, 0.1) is 0 Å². The van der Waals surface area contributed by atoms with Gasteiger partial charge in [-0.05, 0) is 48.4 Å². The summed E-state index contributed by atoms with van der Waals surface area (Å²) in [5.74, 6) is 1.34. The highest BCUT2D eigenvalue weighted by Crippen LogP contribution is 2.27. The van der Waals surface area contributed by atoms with Crippen LogP contribution in [0.2, 0.25) is 0 Å². The average Bonchev–Trinajstić information content (AvgIpc) is 3.16. The van der Waals surface area contributed by atoms with Crippen molar-refractivity contribution in [3.63, 3.8) is 0 Å². The van der Waals surface area contributed by atoms with Crippen LogP contribution in [0.15, 0.2) is 67.0 Å². The van der Waals surface area contributed by atoms with Gasteiger partial charge in [-0.2, -0.15) is 5.10 Å². The Hall–Kier alpha value is -3.67. The third-order valence-corrected chi connectivity index (χ3v) is 4.88. The molecule has 29 heavy (non-hydrogen) atoms. The first-order valence-electron chi connectivity index (χ1n) is 9.23. The van der Waals surface area contributed by atoms with Crippen LogP contribution >= 0.6 is 0 Å². The number of pyridine rings is 1. The minimum atomic E-state index is -0.487. The summed E-state index contributed by atoms with van der Waals surface area (Å²) in [7, 11) is 3.21. The van der Waals surface area contributed by atoms with Gasteiger partial charge in [-0.25, -0.2) is 4.98 Å². The molecule has 4 aromatic rings. The minimum absolute atomic E-state index is 0.0163. The maximum absolute atomic E-state index is 12.4. The molecule has 146 valence electrons. The van der Waals surface area contributed by atoms with E-state index in [4.69, 9.17) is 9.47 Å². The highest BCUT2D eigenvalue weighted by Gasteiger charge is 2.20. The third kappa shape index (κ3) is 3.69. The number of nitrogens with zero attached hydrogens (tertiary/aromatic N) is 3. The maximum Gasteiger partial charge on any atom is 0.212 e. The van der Waals surface area contributed by atoms with Gasteiger partial charge >= 0.3 is 0 Å². The van der Waals surface area contributed by atoms with Gasteiger partial charge in [-0.1, -0.05) is 18.2 Å². The Labute approximate surface area is 168 Å². The van der Waals surface area contributed by atoms with E-state index in [1.54, 1.807) is 32.0 Å². The topological polar surface area (TPSA) is 66.2 Å². The second-order valence-corrected chi connectivity index (χ2v) is 6.76. The lowest BCUT2D eigenvalue weighted by Crippen LogP contribution is -2.18. The van der Waals surface area contributed by atoms with Gasteiger partial charge in [-0.15, -0.1) is 0 Å². The molecule has 2 aromatic carbocycles. The normalized spacial score (nSPS) is 12.0. The zero-order valence-electron chi connectivity index (χ0n) is 16.5. The van der Waals surface area contributed by atoms with Gasteiger partial charge in [0.25, 0.3) is 0 Å². The summed E-state index contributed by atoms with van der Waals surface area (Å²) in [5, 5.41) is 5.60. The van der Waals surface area contributed by atoms with Crippen molar-refractivity contribution in [3.8, 4) is 22.8 Å². The van der Waals surface area contributed by atoms with E-state index in [9.17, 15) is 4.79 Å². The molecular weight excluding hydrogens is 366 g/mol. The summed E-state index contributed by atoms with van der Waals surface area (Å²) in [4.78, 5) is 16.7. The van der Waals surface area contributed by atoms with Crippen molar-refractivity contribution in [3.05, 3.63) is 72.6 Å². The number of Topliss-reactive ketones (excluding diaryl/α,β-unsaturated/α-hetero) is 1. The van der Waals surface area contributed by atoms with Crippen LogP contribution in [-0.2, 0) is 4.79 Å². The highest BCUT2D eigenvalue weighted by atomic mass is 16.5. The summed E-state index contributed by atoms with van der Waals surface area (Å²) in [6.07, 6.45) is 3.69. The average molecular weight is 387 g/mol. The second kappa shape index (κ2) is 7.75. The number of fused-ring (bicyclic) bond motifs is 1. The highest BCUT2D eigenvalue weighted by molar-refractivity contribution is 5.86. The molecule has 0 aliphatic rings. The summed E-state index contributed by atoms with van der Waals surface area (Å²) in [6.45, 7) is 1.58. The fraction of sp³-hybridized carbons (Fsp3) is 0.174. The minimum Gasteiger partial charge on any atom is -0.497 e. The van der Waals surface area contributed by atoms with Gasteiger partial charge in [-0.3, -0.25) is 9.48 Å². The lowest BCUT2D eigenvalue weighted by molar-refractivity contribution is -0.119. The molecule has 0 spiro atoms. The molecule has 0 bridgehead atoms. The predicted octanol–water partition coefficient (Wildman–Crippen LogP) is 4.29. The first kappa shape index (κ1) is 18.7. The van der Waals surface area contributed by atoms with Gasteiger partial charge in [0, 0.05) is 29.4 Å². The summed E-state index contributed by atoms with van der Waals surface area (Å²) in [6, 6.07) is 16.8. The molecule has 0 aliphatic heterocycles. The SMILES string of the molecule is COc1ccc(C(C(C)=O)n2cc3cc(-c4ccc(OC)nc4)ccc3n2)cc1. The Balaban J connectivity index is 1.71. The molecule has 0 N–H and O–H groups in total. The number of carbonyl (C=O) groups excluding carboxylic acids is 1. The van der Waals surface area contributed by atoms with Crippen molar-refractivity contribution in [1.29, 1.82) is 0 Å². The number of ketones is 1. The van der Waals surface area contributed by atoms with Gasteiger partial charge < -0.3 is 9.47 Å². The molecular formula is C23H21N3O3. The van der Waals surface area contributed by atoms with Gasteiger partial charge in [0.1, 0.15) is 11.8 Å². The van der Waals surface area contributed by atoms with Crippen LogP contribution in [0.4, 0.5) is 0 Å². The number of carbonyl (C=O) groups is 1. The number of methoxy groups -OCH3 is 2. The van der Waals surface area contributed by atoms with Gasteiger partial charge in [0.15, 0.2) is 5.78 Å². The molecule has 1 atom stereocenters. The van der Waals surface area contributed by atoms with Crippen molar-refractivity contribution < 1.29 is 14.3 Å². The molecule has 6 nitrogen and oxygen atoms in total. The number of benzene rings is 2. The second-order valence-electron chi connectivity index (χ2n) is 6.76. The number of hydrogen-bond acceptors (Lipinski definition) is 5. The van der Waals surface area contributed by atoms with E-state index in [1.807, 2.05) is 60.8 Å². The maximum atomic E-state index is 12.4. The van der Waals surface area contributed by atoms with Gasteiger partial charge in [0.05, 0.1) is 19.7 Å². The van der Waals surface area contributed by atoms with Crippen molar-refractivity contribution in [1.82, 2.24) is 14.8 Å². The molecule has 0 aliphatic carbocycles. The summed E-state index contributed by atoms with van der Waals surface area (Å²) in [5.41, 5.74) is 3.70.